The number of carbonyl (C=O) groups is 1. The average molecular weight is 224 g/mol. The normalized spacial score (nSPS) is 13.8. The van der Waals surface area contributed by atoms with Gasteiger partial charge in [-0.2, -0.15) is 0 Å². The quantitative estimate of drug-likeness (QED) is 0.618. The van der Waals surface area contributed by atoms with Gasteiger partial charge < -0.3 is 10.1 Å². The van der Waals surface area contributed by atoms with Crippen molar-refractivity contribution in [1.82, 2.24) is 0 Å². The minimum absolute atomic E-state index is 0.0133. The van der Waals surface area contributed by atoms with Gasteiger partial charge in [-0.1, -0.05) is 6.58 Å². The van der Waals surface area contributed by atoms with E-state index in [0.29, 0.717) is 12.2 Å². The summed E-state index contributed by atoms with van der Waals surface area (Å²) in [5.74, 6) is 0.617. The molecule has 1 heterocycles. The zero-order valence-electron chi connectivity index (χ0n) is 8.05. The molecule has 1 aromatic carbocycles. The van der Waals surface area contributed by atoms with Gasteiger partial charge in [0.2, 0.25) is 0 Å². The molecule has 0 fully saturated rings. The summed E-state index contributed by atoms with van der Waals surface area (Å²) < 4.78 is 5.40. The lowest BCUT2D eigenvalue weighted by Gasteiger charge is -2.21. The van der Waals surface area contributed by atoms with Crippen molar-refractivity contribution in [2.75, 3.05) is 17.8 Å². The number of rotatable bonds is 2. The first kappa shape index (κ1) is 10.1. The standard InChI is InChI=1S/C11H10ClNO2/c1-7-6-15-11-3-2-8(10(14)5-12)4-9(11)13-7/h2-4,13H,1,5-6H2. The molecule has 3 nitrogen and oxygen atoms in total. The summed E-state index contributed by atoms with van der Waals surface area (Å²) in [6.45, 7) is 4.21. The molecule has 0 saturated carbocycles. The average Bonchev–Trinajstić information content (AvgIpc) is 2.27. The molecule has 2 rings (SSSR count). The first-order valence-electron chi connectivity index (χ1n) is 4.51. The highest BCUT2D eigenvalue weighted by atomic mass is 35.5. The molecule has 78 valence electrons. The monoisotopic (exact) mass is 223 g/mol. The molecule has 1 N–H and O–H groups in total. The zero-order valence-corrected chi connectivity index (χ0v) is 8.80. The minimum atomic E-state index is -0.0996. The molecule has 0 unspecified atom stereocenters. The number of hydrogen-bond donors (Lipinski definition) is 1. The Morgan fingerprint density at radius 2 is 2.40 bits per heavy atom. The summed E-state index contributed by atoms with van der Waals surface area (Å²) in [7, 11) is 0. The molecule has 0 aliphatic carbocycles. The number of Topliss-reactive ketones (excluding diaryl/α,β-unsaturated/α-hetero) is 1. The predicted octanol–water partition coefficient (Wildman–Crippen LogP) is 2.43. The Morgan fingerprint density at radius 3 is 3.13 bits per heavy atom. The number of halogens is 1. The highest BCUT2D eigenvalue weighted by Gasteiger charge is 2.14. The molecule has 0 aromatic heterocycles. The van der Waals surface area contributed by atoms with Crippen molar-refractivity contribution in [2.45, 2.75) is 0 Å². The SMILES string of the molecule is C=C1COc2ccc(C(=O)CCl)cc2N1. The van der Waals surface area contributed by atoms with Gasteiger partial charge in [0.1, 0.15) is 12.4 Å². The van der Waals surface area contributed by atoms with E-state index < -0.39 is 0 Å². The fourth-order valence-electron chi connectivity index (χ4n) is 1.40. The van der Waals surface area contributed by atoms with Crippen LogP contribution in [-0.4, -0.2) is 18.3 Å². The fourth-order valence-corrected chi connectivity index (χ4v) is 1.55. The third-order valence-electron chi connectivity index (χ3n) is 2.14. The number of hydrogen-bond acceptors (Lipinski definition) is 3. The lowest BCUT2D eigenvalue weighted by molar-refractivity contribution is 0.102. The van der Waals surface area contributed by atoms with Gasteiger partial charge in [0.25, 0.3) is 0 Å². The van der Waals surface area contributed by atoms with Gasteiger partial charge in [0, 0.05) is 11.3 Å². The molecular weight excluding hydrogens is 214 g/mol. The molecular formula is C11H10ClNO2. The van der Waals surface area contributed by atoms with E-state index in [-0.39, 0.29) is 11.7 Å². The van der Waals surface area contributed by atoms with Crippen LogP contribution >= 0.6 is 11.6 Å². The van der Waals surface area contributed by atoms with E-state index in [9.17, 15) is 4.79 Å². The van der Waals surface area contributed by atoms with E-state index in [1.807, 2.05) is 0 Å². The highest BCUT2D eigenvalue weighted by molar-refractivity contribution is 6.30. The van der Waals surface area contributed by atoms with E-state index in [0.717, 1.165) is 17.1 Å². The molecule has 0 spiro atoms. The number of fused-ring (bicyclic) bond motifs is 1. The van der Waals surface area contributed by atoms with Crippen LogP contribution in [0, 0.1) is 0 Å². The summed E-state index contributed by atoms with van der Waals surface area (Å²) in [6.07, 6.45) is 0. The molecule has 0 saturated heterocycles. The summed E-state index contributed by atoms with van der Waals surface area (Å²) in [5, 5.41) is 3.06. The van der Waals surface area contributed by atoms with Crippen LogP contribution in [0.25, 0.3) is 0 Å². The highest BCUT2D eigenvalue weighted by Crippen LogP contribution is 2.30. The second-order valence-corrected chi connectivity index (χ2v) is 3.55. The van der Waals surface area contributed by atoms with Crippen molar-refractivity contribution >= 4 is 23.1 Å². The molecule has 0 radical (unpaired) electrons. The van der Waals surface area contributed by atoms with Gasteiger partial charge in [-0.05, 0) is 18.2 Å². The molecule has 1 aliphatic rings. The number of nitrogens with one attached hydrogen (secondary N) is 1. The topological polar surface area (TPSA) is 38.3 Å². The smallest absolute Gasteiger partial charge is 0.177 e. The summed E-state index contributed by atoms with van der Waals surface area (Å²) in [5.41, 5.74) is 2.12. The molecule has 1 aliphatic heterocycles. The van der Waals surface area contributed by atoms with Gasteiger partial charge in [-0.25, -0.2) is 0 Å². The Morgan fingerprint density at radius 1 is 1.60 bits per heavy atom. The van der Waals surface area contributed by atoms with E-state index in [1.165, 1.54) is 0 Å². The van der Waals surface area contributed by atoms with Crippen LogP contribution in [-0.2, 0) is 0 Å². The zero-order chi connectivity index (χ0) is 10.8. The second-order valence-electron chi connectivity index (χ2n) is 3.28. The van der Waals surface area contributed by atoms with Gasteiger partial charge in [-0.15, -0.1) is 11.6 Å². The third-order valence-corrected chi connectivity index (χ3v) is 2.38. The Balaban J connectivity index is 2.36. The molecule has 0 amide bonds. The Labute approximate surface area is 92.7 Å². The lowest BCUT2D eigenvalue weighted by atomic mass is 10.1. The van der Waals surface area contributed by atoms with Crippen molar-refractivity contribution in [2.24, 2.45) is 0 Å². The largest absolute Gasteiger partial charge is 0.485 e. The second kappa shape index (κ2) is 3.95. The molecule has 0 bridgehead atoms. The van der Waals surface area contributed by atoms with Crippen LogP contribution in [0.15, 0.2) is 30.5 Å². The minimum Gasteiger partial charge on any atom is -0.485 e. The number of alkyl halides is 1. The lowest BCUT2D eigenvalue weighted by Crippen LogP contribution is -2.15. The van der Waals surface area contributed by atoms with Crippen LogP contribution in [0.2, 0.25) is 0 Å². The maximum absolute atomic E-state index is 11.4. The molecule has 0 atom stereocenters. The molecule has 15 heavy (non-hydrogen) atoms. The van der Waals surface area contributed by atoms with Crippen LogP contribution in [0.5, 0.6) is 5.75 Å². The summed E-state index contributed by atoms with van der Waals surface area (Å²) in [4.78, 5) is 11.4. The van der Waals surface area contributed by atoms with Crippen molar-refractivity contribution in [3.63, 3.8) is 0 Å². The maximum Gasteiger partial charge on any atom is 0.177 e. The van der Waals surface area contributed by atoms with Gasteiger partial charge in [0.15, 0.2) is 5.78 Å². The first-order valence-corrected chi connectivity index (χ1v) is 5.05. The number of ketones is 1. The third kappa shape index (κ3) is 1.97. The van der Waals surface area contributed by atoms with E-state index in [4.69, 9.17) is 16.3 Å². The predicted molar refractivity (Wildman–Crippen MR) is 59.8 cm³/mol. The number of benzene rings is 1. The Bertz CT molecular complexity index is 429. The number of carbonyl (C=O) groups excluding carboxylic acids is 1. The number of ether oxygens (including phenoxy) is 1. The van der Waals surface area contributed by atoms with Gasteiger partial charge >= 0.3 is 0 Å². The van der Waals surface area contributed by atoms with E-state index in [1.54, 1.807) is 18.2 Å². The summed E-state index contributed by atoms with van der Waals surface area (Å²) >= 11 is 5.48. The Hall–Kier alpha value is -1.48. The van der Waals surface area contributed by atoms with Crippen molar-refractivity contribution in [1.29, 1.82) is 0 Å². The Kier molecular flexibility index (Phi) is 2.64. The van der Waals surface area contributed by atoms with E-state index in [2.05, 4.69) is 11.9 Å². The van der Waals surface area contributed by atoms with Crippen LogP contribution in [0.3, 0.4) is 0 Å². The fraction of sp³-hybridized carbons (Fsp3) is 0.182. The molecule has 1 aromatic rings. The van der Waals surface area contributed by atoms with Gasteiger partial charge in [0.05, 0.1) is 11.6 Å². The van der Waals surface area contributed by atoms with Crippen LogP contribution < -0.4 is 10.1 Å². The first-order chi connectivity index (χ1) is 7.20. The van der Waals surface area contributed by atoms with Crippen molar-refractivity contribution < 1.29 is 9.53 Å². The summed E-state index contributed by atoms with van der Waals surface area (Å²) in [6, 6.07) is 5.19. The van der Waals surface area contributed by atoms with Crippen LogP contribution in [0.4, 0.5) is 5.69 Å². The van der Waals surface area contributed by atoms with Crippen LogP contribution in [0.1, 0.15) is 10.4 Å². The van der Waals surface area contributed by atoms with Gasteiger partial charge in [-0.3, -0.25) is 4.79 Å². The maximum atomic E-state index is 11.4. The molecule has 4 heteroatoms. The van der Waals surface area contributed by atoms with E-state index >= 15 is 0 Å². The van der Waals surface area contributed by atoms with Crippen molar-refractivity contribution in [3.05, 3.63) is 36.0 Å². The van der Waals surface area contributed by atoms with Crippen molar-refractivity contribution in [3.8, 4) is 5.75 Å². The number of anilines is 1.